The summed E-state index contributed by atoms with van der Waals surface area (Å²) in [5.41, 5.74) is -0.473. The van der Waals surface area contributed by atoms with Crippen LogP contribution in [0.1, 0.15) is 0 Å². The van der Waals surface area contributed by atoms with Crippen molar-refractivity contribution in [3.63, 3.8) is 0 Å². The van der Waals surface area contributed by atoms with Gasteiger partial charge in [-0.25, -0.2) is 17.6 Å². The minimum Gasteiger partial charge on any atom is -0.423 e. The highest BCUT2D eigenvalue weighted by molar-refractivity contribution is 6.58. The Kier molecular flexibility index (Phi) is 3.59. The Hall–Kier alpha value is -1.86. The average Bonchev–Trinajstić information content (AvgIpc) is 2.35. The van der Waals surface area contributed by atoms with E-state index in [4.69, 9.17) is 10.0 Å². The van der Waals surface area contributed by atoms with E-state index in [0.717, 1.165) is 12.1 Å². The van der Waals surface area contributed by atoms with E-state index >= 15 is 0 Å². The van der Waals surface area contributed by atoms with Crippen LogP contribution in [0, 0.1) is 23.3 Å². The molecule has 0 spiro atoms. The van der Waals surface area contributed by atoms with Crippen LogP contribution in [0.15, 0.2) is 30.3 Å². The van der Waals surface area contributed by atoms with Gasteiger partial charge in [0.15, 0.2) is 17.5 Å². The third kappa shape index (κ3) is 2.62. The summed E-state index contributed by atoms with van der Waals surface area (Å²) in [6.45, 7) is 0. The normalized spacial score (nSPS) is 10.6. The maximum atomic E-state index is 13.7. The van der Waals surface area contributed by atoms with E-state index in [-0.39, 0.29) is 16.6 Å². The van der Waals surface area contributed by atoms with E-state index in [9.17, 15) is 17.6 Å². The summed E-state index contributed by atoms with van der Waals surface area (Å²) in [6.07, 6.45) is 0. The summed E-state index contributed by atoms with van der Waals surface area (Å²) in [6, 6.07) is 4.44. The highest BCUT2D eigenvalue weighted by Crippen LogP contribution is 2.25. The summed E-state index contributed by atoms with van der Waals surface area (Å²) >= 11 is 0. The van der Waals surface area contributed by atoms with Crippen molar-refractivity contribution in [2.24, 2.45) is 0 Å². The zero-order chi connectivity index (χ0) is 14.2. The van der Waals surface area contributed by atoms with Gasteiger partial charge in [0.05, 0.1) is 0 Å². The first-order valence-electron chi connectivity index (χ1n) is 5.20. The number of rotatable bonds is 2. The minimum absolute atomic E-state index is 0.107. The quantitative estimate of drug-likeness (QED) is 0.494. The maximum Gasteiger partial charge on any atom is 0.488 e. The molecular formula is C12H7BF4O2. The van der Waals surface area contributed by atoms with Crippen molar-refractivity contribution in [3.05, 3.63) is 53.6 Å². The van der Waals surface area contributed by atoms with Crippen LogP contribution in [-0.4, -0.2) is 17.2 Å². The molecule has 98 valence electrons. The summed E-state index contributed by atoms with van der Waals surface area (Å²) in [5, 5.41) is 17.7. The zero-order valence-electron chi connectivity index (χ0n) is 9.37. The molecule has 2 N–H and O–H groups in total. The summed E-state index contributed by atoms with van der Waals surface area (Å²) in [5.74, 6) is -5.40. The molecule has 0 atom stereocenters. The molecule has 2 rings (SSSR count). The van der Waals surface area contributed by atoms with Gasteiger partial charge in [-0.05, 0) is 29.2 Å². The van der Waals surface area contributed by atoms with Crippen LogP contribution >= 0.6 is 0 Å². The van der Waals surface area contributed by atoms with E-state index in [2.05, 4.69) is 0 Å². The lowest BCUT2D eigenvalue weighted by atomic mass is 9.79. The smallest absolute Gasteiger partial charge is 0.423 e. The molecule has 19 heavy (non-hydrogen) atoms. The van der Waals surface area contributed by atoms with Crippen molar-refractivity contribution < 1.29 is 27.6 Å². The molecule has 2 aromatic carbocycles. The summed E-state index contributed by atoms with van der Waals surface area (Å²) in [7, 11) is -1.86. The van der Waals surface area contributed by atoms with Crippen molar-refractivity contribution in [1.29, 1.82) is 0 Å². The molecule has 0 radical (unpaired) electrons. The van der Waals surface area contributed by atoms with E-state index in [1.165, 1.54) is 6.07 Å². The second-order valence-corrected chi connectivity index (χ2v) is 3.87. The van der Waals surface area contributed by atoms with Crippen molar-refractivity contribution in [2.75, 3.05) is 0 Å². The molecule has 7 heteroatoms. The van der Waals surface area contributed by atoms with Gasteiger partial charge in [0.1, 0.15) is 5.82 Å². The van der Waals surface area contributed by atoms with Gasteiger partial charge in [0.25, 0.3) is 0 Å². The molecule has 0 fully saturated rings. The van der Waals surface area contributed by atoms with Gasteiger partial charge in [-0.15, -0.1) is 0 Å². The fourth-order valence-corrected chi connectivity index (χ4v) is 1.64. The molecule has 0 aliphatic heterocycles. The first-order valence-corrected chi connectivity index (χ1v) is 5.20. The molecule has 0 bridgehead atoms. The first-order chi connectivity index (χ1) is 8.90. The summed E-state index contributed by atoms with van der Waals surface area (Å²) < 4.78 is 52.6. The van der Waals surface area contributed by atoms with Crippen LogP contribution in [0.2, 0.25) is 0 Å². The van der Waals surface area contributed by atoms with Crippen LogP contribution < -0.4 is 5.46 Å². The Morgan fingerprint density at radius 3 is 1.84 bits per heavy atom. The molecule has 2 aromatic rings. The van der Waals surface area contributed by atoms with Crippen LogP contribution in [0.3, 0.4) is 0 Å². The third-order valence-electron chi connectivity index (χ3n) is 2.59. The van der Waals surface area contributed by atoms with Crippen molar-refractivity contribution in [3.8, 4) is 11.1 Å². The average molecular weight is 270 g/mol. The van der Waals surface area contributed by atoms with Gasteiger partial charge in [0, 0.05) is 5.56 Å². The van der Waals surface area contributed by atoms with Gasteiger partial charge in [-0.3, -0.25) is 0 Å². The molecule has 0 saturated carbocycles. The number of halogens is 4. The molecule has 0 aliphatic carbocycles. The number of hydrogen-bond donors (Lipinski definition) is 2. The molecule has 0 amide bonds. The molecule has 0 aromatic heterocycles. The topological polar surface area (TPSA) is 40.5 Å². The zero-order valence-corrected chi connectivity index (χ0v) is 9.37. The van der Waals surface area contributed by atoms with E-state index in [1.54, 1.807) is 0 Å². The van der Waals surface area contributed by atoms with Crippen molar-refractivity contribution >= 4 is 12.6 Å². The standard InChI is InChI=1S/C12H7BF4O2/c14-9-5-7(13(18)19)1-2-8(9)6-3-10(15)12(17)11(16)4-6/h1-5,18-19H. The molecular weight excluding hydrogens is 263 g/mol. The van der Waals surface area contributed by atoms with Crippen LogP contribution in [0.25, 0.3) is 11.1 Å². The highest BCUT2D eigenvalue weighted by Gasteiger charge is 2.17. The van der Waals surface area contributed by atoms with Gasteiger partial charge in [-0.2, -0.15) is 0 Å². The Bertz CT molecular complexity index is 608. The Morgan fingerprint density at radius 1 is 0.789 bits per heavy atom. The third-order valence-corrected chi connectivity index (χ3v) is 2.59. The Balaban J connectivity index is 2.53. The predicted octanol–water partition coefficient (Wildman–Crippen LogP) is 1.59. The van der Waals surface area contributed by atoms with Gasteiger partial charge in [-0.1, -0.05) is 12.1 Å². The van der Waals surface area contributed by atoms with Crippen LogP contribution in [-0.2, 0) is 0 Å². The molecule has 0 unspecified atom stereocenters. The predicted molar refractivity (Wildman–Crippen MR) is 61.5 cm³/mol. The van der Waals surface area contributed by atoms with Crippen LogP contribution in [0.5, 0.6) is 0 Å². The van der Waals surface area contributed by atoms with E-state index in [0.29, 0.717) is 12.1 Å². The monoisotopic (exact) mass is 270 g/mol. The van der Waals surface area contributed by atoms with E-state index in [1.807, 2.05) is 0 Å². The van der Waals surface area contributed by atoms with Crippen LogP contribution in [0.4, 0.5) is 17.6 Å². The highest BCUT2D eigenvalue weighted by atomic mass is 19.2. The lowest BCUT2D eigenvalue weighted by Gasteiger charge is -2.07. The minimum atomic E-state index is -1.86. The fraction of sp³-hybridized carbons (Fsp3) is 0. The lowest BCUT2D eigenvalue weighted by Crippen LogP contribution is -2.30. The first kappa shape index (κ1) is 13.6. The largest absolute Gasteiger partial charge is 0.488 e. The molecule has 2 nitrogen and oxygen atoms in total. The van der Waals surface area contributed by atoms with Crippen molar-refractivity contribution in [1.82, 2.24) is 0 Å². The molecule has 0 aliphatic rings. The lowest BCUT2D eigenvalue weighted by molar-refractivity contribution is 0.425. The second kappa shape index (κ2) is 5.03. The second-order valence-electron chi connectivity index (χ2n) is 3.87. The fourth-order valence-electron chi connectivity index (χ4n) is 1.64. The van der Waals surface area contributed by atoms with E-state index < -0.39 is 30.4 Å². The molecule has 0 saturated heterocycles. The SMILES string of the molecule is OB(O)c1ccc(-c2cc(F)c(F)c(F)c2)c(F)c1. The van der Waals surface area contributed by atoms with Gasteiger partial charge < -0.3 is 10.0 Å². The van der Waals surface area contributed by atoms with Crippen molar-refractivity contribution in [2.45, 2.75) is 0 Å². The Labute approximate surface area is 106 Å². The number of benzene rings is 2. The van der Waals surface area contributed by atoms with Gasteiger partial charge >= 0.3 is 7.12 Å². The number of hydrogen-bond acceptors (Lipinski definition) is 2. The van der Waals surface area contributed by atoms with Gasteiger partial charge in [0.2, 0.25) is 0 Å². The summed E-state index contributed by atoms with van der Waals surface area (Å²) in [4.78, 5) is 0. The Morgan fingerprint density at radius 2 is 1.37 bits per heavy atom. The maximum absolute atomic E-state index is 13.7. The molecule has 0 heterocycles.